The number of nitrogens with zero attached hydrogens (tertiary/aromatic N) is 1. The van der Waals surface area contributed by atoms with Crippen molar-refractivity contribution in [1.29, 1.82) is 0 Å². The molecule has 0 aromatic heterocycles. The van der Waals surface area contributed by atoms with Gasteiger partial charge in [-0.1, -0.05) is 34.1 Å². The molecule has 0 amide bonds. The fourth-order valence-corrected chi connectivity index (χ4v) is 3.74. The van der Waals surface area contributed by atoms with Gasteiger partial charge in [0, 0.05) is 31.7 Å². The summed E-state index contributed by atoms with van der Waals surface area (Å²) in [6, 6.07) is 1.26. The van der Waals surface area contributed by atoms with Gasteiger partial charge in [-0.25, -0.2) is 0 Å². The van der Waals surface area contributed by atoms with Crippen LogP contribution < -0.4 is 5.32 Å². The van der Waals surface area contributed by atoms with E-state index >= 15 is 0 Å². The van der Waals surface area contributed by atoms with Crippen LogP contribution in [0.2, 0.25) is 0 Å². The second-order valence-corrected chi connectivity index (χ2v) is 8.76. The standard InChI is InChI=1S/C18H36N2O/c1-7-8-14-11-19-16(17(2,3)4)13-20(14)12-15-9-10-18(5,6)21-15/h14-16,19H,7-13H2,1-6H3. The molecule has 21 heavy (non-hydrogen) atoms. The molecule has 3 nitrogen and oxygen atoms in total. The average molecular weight is 296 g/mol. The number of ether oxygens (including phenoxy) is 1. The SMILES string of the molecule is CCCC1CNC(C(C)(C)C)CN1CC1CCC(C)(C)O1. The van der Waals surface area contributed by atoms with Crippen LogP contribution >= 0.6 is 0 Å². The van der Waals surface area contributed by atoms with Crippen LogP contribution in [0.5, 0.6) is 0 Å². The minimum absolute atomic E-state index is 0.0857. The Hall–Kier alpha value is -0.120. The average Bonchev–Trinajstić information content (AvgIpc) is 2.70. The minimum atomic E-state index is 0.0857. The Balaban J connectivity index is 1.97. The summed E-state index contributed by atoms with van der Waals surface area (Å²) in [5, 5.41) is 3.78. The van der Waals surface area contributed by atoms with Gasteiger partial charge in [0.05, 0.1) is 11.7 Å². The van der Waals surface area contributed by atoms with Crippen LogP contribution in [-0.4, -0.2) is 48.3 Å². The quantitative estimate of drug-likeness (QED) is 0.860. The fourth-order valence-electron chi connectivity index (χ4n) is 3.74. The van der Waals surface area contributed by atoms with Gasteiger partial charge in [0.1, 0.15) is 0 Å². The number of rotatable bonds is 4. The third-order valence-electron chi connectivity index (χ3n) is 5.19. The summed E-state index contributed by atoms with van der Waals surface area (Å²) in [5.41, 5.74) is 0.410. The molecule has 2 saturated heterocycles. The molecule has 3 heteroatoms. The van der Waals surface area contributed by atoms with Crippen molar-refractivity contribution in [1.82, 2.24) is 10.2 Å². The molecule has 0 bridgehead atoms. The van der Waals surface area contributed by atoms with Crippen molar-refractivity contribution in [2.24, 2.45) is 5.41 Å². The zero-order valence-electron chi connectivity index (χ0n) is 15.0. The third kappa shape index (κ3) is 4.67. The Labute approximate surface area is 131 Å². The molecule has 2 heterocycles. The molecule has 3 unspecified atom stereocenters. The molecule has 124 valence electrons. The number of hydrogen-bond donors (Lipinski definition) is 1. The van der Waals surface area contributed by atoms with Crippen LogP contribution in [0.4, 0.5) is 0 Å². The molecule has 0 aromatic rings. The van der Waals surface area contributed by atoms with Crippen LogP contribution in [0, 0.1) is 5.41 Å². The molecule has 0 radical (unpaired) electrons. The lowest BCUT2D eigenvalue weighted by Gasteiger charge is -2.46. The first-order valence-electron chi connectivity index (χ1n) is 8.86. The van der Waals surface area contributed by atoms with Gasteiger partial charge >= 0.3 is 0 Å². The molecule has 2 aliphatic rings. The number of hydrogen-bond acceptors (Lipinski definition) is 3. The summed E-state index contributed by atoms with van der Waals surface area (Å²) < 4.78 is 6.24. The van der Waals surface area contributed by atoms with Crippen molar-refractivity contribution in [2.45, 2.75) is 91.0 Å². The highest BCUT2D eigenvalue weighted by Gasteiger charge is 2.37. The molecule has 0 aromatic carbocycles. The van der Waals surface area contributed by atoms with Crippen LogP contribution in [0.25, 0.3) is 0 Å². The van der Waals surface area contributed by atoms with Gasteiger partial charge in [-0.3, -0.25) is 4.90 Å². The van der Waals surface area contributed by atoms with Gasteiger partial charge in [-0.05, 0) is 38.5 Å². The maximum atomic E-state index is 6.24. The van der Waals surface area contributed by atoms with Gasteiger partial charge in [0.15, 0.2) is 0 Å². The summed E-state index contributed by atoms with van der Waals surface area (Å²) in [7, 11) is 0. The highest BCUT2D eigenvalue weighted by Crippen LogP contribution is 2.31. The highest BCUT2D eigenvalue weighted by molar-refractivity contribution is 4.93. The van der Waals surface area contributed by atoms with Gasteiger partial charge in [-0.2, -0.15) is 0 Å². The normalized spacial score (nSPS) is 34.3. The molecule has 2 aliphatic heterocycles. The molecule has 2 fully saturated rings. The maximum Gasteiger partial charge on any atom is 0.0710 e. The summed E-state index contributed by atoms with van der Waals surface area (Å²) in [4.78, 5) is 2.71. The Bertz CT molecular complexity index is 335. The van der Waals surface area contributed by atoms with E-state index < -0.39 is 0 Å². The van der Waals surface area contributed by atoms with Crippen LogP contribution in [0.15, 0.2) is 0 Å². The van der Waals surface area contributed by atoms with Gasteiger partial charge in [-0.15, -0.1) is 0 Å². The summed E-state index contributed by atoms with van der Waals surface area (Å²) in [6.07, 6.45) is 5.40. The highest BCUT2D eigenvalue weighted by atomic mass is 16.5. The van der Waals surface area contributed by atoms with Crippen molar-refractivity contribution in [3.05, 3.63) is 0 Å². The minimum Gasteiger partial charge on any atom is -0.371 e. The molecular formula is C18H36N2O. The van der Waals surface area contributed by atoms with Crippen molar-refractivity contribution < 1.29 is 4.74 Å². The van der Waals surface area contributed by atoms with Crippen molar-refractivity contribution in [3.63, 3.8) is 0 Å². The third-order valence-corrected chi connectivity index (χ3v) is 5.19. The van der Waals surface area contributed by atoms with E-state index in [-0.39, 0.29) is 5.60 Å². The van der Waals surface area contributed by atoms with Crippen molar-refractivity contribution in [2.75, 3.05) is 19.6 Å². The molecular weight excluding hydrogens is 260 g/mol. The molecule has 2 rings (SSSR count). The second-order valence-electron chi connectivity index (χ2n) is 8.76. The van der Waals surface area contributed by atoms with Crippen molar-refractivity contribution >= 4 is 0 Å². The largest absolute Gasteiger partial charge is 0.371 e. The van der Waals surface area contributed by atoms with E-state index in [2.05, 4.69) is 51.8 Å². The lowest BCUT2D eigenvalue weighted by Crippen LogP contribution is -2.61. The molecule has 0 aliphatic carbocycles. The zero-order valence-corrected chi connectivity index (χ0v) is 15.0. The molecule has 3 atom stereocenters. The molecule has 0 saturated carbocycles. The first-order chi connectivity index (χ1) is 9.71. The topological polar surface area (TPSA) is 24.5 Å². The van der Waals surface area contributed by atoms with E-state index in [9.17, 15) is 0 Å². The lowest BCUT2D eigenvalue weighted by molar-refractivity contribution is -0.0425. The maximum absolute atomic E-state index is 6.24. The predicted molar refractivity (Wildman–Crippen MR) is 89.7 cm³/mol. The van der Waals surface area contributed by atoms with E-state index in [4.69, 9.17) is 4.74 Å². The Morgan fingerprint density at radius 2 is 2.00 bits per heavy atom. The van der Waals surface area contributed by atoms with Crippen molar-refractivity contribution in [3.8, 4) is 0 Å². The zero-order chi connectivity index (χ0) is 15.7. The van der Waals surface area contributed by atoms with E-state index in [0.717, 1.165) is 19.6 Å². The van der Waals surface area contributed by atoms with E-state index in [1.165, 1.54) is 25.7 Å². The van der Waals surface area contributed by atoms with Crippen LogP contribution in [0.3, 0.4) is 0 Å². The predicted octanol–water partition coefficient (Wildman–Crippen LogP) is 3.43. The smallest absolute Gasteiger partial charge is 0.0710 e. The van der Waals surface area contributed by atoms with Crippen LogP contribution in [0.1, 0.15) is 67.2 Å². The Kier molecular flexibility index (Phi) is 5.38. The molecule has 1 N–H and O–H groups in total. The van der Waals surface area contributed by atoms with E-state index in [1.54, 1.807) is 0 Å². The monoisotopic (exact) mass is 296 g/mol. The number of nitrogens with one attached hydrogen (secondary N) is 1. The first-order valence-corrected chi connectivity index (χ1v) is 8.86. The van der Waals surface area contributed by atoms with Gasteiger partial charge in [0.2, 0.25) is 0 Å². The second kappa shape index (κ2) is 6.55. The van der Waals surface area contributed by atoms with Gasteiger partial charge in [0.25, 0.3) is 0 Å². The summed E-state index contributed by atoms with van der Waals surface area (Å²) >= 11 is 0. The lowest BCUT2D eigenvalue weighted by atomic mass is 9.84. The summed E-state index contributed by atoms with van der Waals surface area (Å²) in [5.74, 6) is 0. The van der Waals surface area contributed by atoms with Gasteiger partial charge < -0.3 is 10.1 Å². The Morgan fingerprint density at radius 3 is 2.52 bits per heavy atom. The summed E-state index contributed by atoms with van der Waals surface area (Å²) in [6.45, 7) is 17.2. The van der Waals surface area contributed by atoms with E-state index in [1.807, 2.05) is 0 Å². The molecule has 0 spiro atoms. The van der Waals surface area contributed by atoms with E-state index in [0.29, 0.717) is 23.6 Å². The van der Waals surface area contributed by atoms with Crippen LogP contribution in [-0.2, 0) is 4.74 Å². The fraction of sp³-hybridized carbons (Fsp3) is 1.00. The first kappa shape index (κ1) is 17.2. The Morgan fingerprint density at radius 1 is 1.29 bits per heavy atom. The number of piperazine rings is 1.